The van der Waals surface area contributed by atoms with E-state index in [9.17, 15) is 4.79 Å². The molecular formula is C7H12OS2. The predicted molar refractivity (Wildman–Crippen MR) is 48.6 cm³/mol. The summed E-state index contributed by atoms with van der Waals surface area (Å²) in [5.74, 6) is 1.14. The molecule has 1 saturated heterocycles. The molecule has 1 rings (SSSR count). The van der Waals surface area contributed by atoms with Crippen molar-refractivity contribution in [1.82, 2.24) is 0 Å². The van der Waals surface area contributed by atoms with E-state index in [1.165, 1.54) is 6.42 Å². The molecule has 1 aliphatic heterocycles. The average molecular weight is 176 g/mol. The van der Waals surface area contributed by atoms with Crippen LogP contribution in [-0.2, 0) is 4.79 Å². The van der Waals surface area contributed by atoms with Crippen LogP contribution in [0.15, 0.2) is 0 Å². The van der Waals surface area contributed by atoms with E-state index in [0.717, 1.165) is 12.0 Å². The van der Waals surface area contributed by atoms with E-state index in [2.05, 4.69) is 6.92 Å². The van der Waals surface area contributed by atoms with Crippen molar-refractivity contribution >= 4 is 29.8 Å². The molecular weight excluding hydrogens is 164 g/mol. The predicted octanol–water partition coefficient (Wildman–Crippen LogP) is 2.16. The summed E-state index contributed by atoms with van der Waals surface area (Å²) in [6.07, 6.45) is 2.25. The second-order valence-electron chi connectivity index (χ2n) is 2.59. The molecule has 0 N–H and O–H groups in total. The lowest BCUT2D eigenvalue weighted by molar-refractivity contribution is -0.107. The summed E-state index contributed by atoms with van der Waals surface area (Å²) in [6, 6.07) is 0. The first kappa shape index (κ1) is 8.47. The third kappa shape index (κ3) is 1.70. The van der Waals surface area contributed by atoms with Gasteiger partial charge in [0.25, 0.3) is 0 Å². The van der Waals surface area contributed by atoms with E-state index in [0.29, 0.717) is 5.25 Å². The van der Waals surface area contributed by atoms with Crippen LogP contribution in [0.5, 0.6) is 0 Å². The maximum atomic E-state index is 10.5. The van der Waals surface area contributed by atoms with Gasteiger partial charge >= 0.3 is 0 Å². The van der Waals surface area contributed by atoms with Gasteiger partial charge in [0.1, 0.15) is 10.4 Å². The topological polar surface area (TPSA) is 17.1 Å². The second-order valence-corrected chi connectivity index (χ2v) is 6.07. The lowest BCUT2D eigenvalue weighted by atomic mass is 10.4. The highest BCUT2D eigenvalue weighted by atomic mass is 32.2. The van der Waals surface area contributed by atoms with E-state index < -0.39 is 0 Å². The Kier molecular flexibility index (Phi) is 2.69. The Labute approximate surface area is 70.3 Å². The summed E-state index contributed by atoms with van der Waals surface area (Å²) in [5.41, 5.74) is 0. The maximum absolute atomic E-state index is 10.5. The Balaban J connectivity index is 2.48. The average Bonchev–Trinajstić information content (AvgIpc) is 2.33. The minimum absolute atomic E-state index is 0.138. The molecule has 3 heteroatoms. The fourth-order valence-electron chi connectivity index (χ4n) is 0.920. The Hall–Kier alpha value is 0.370. The quantitative estimate of drug-likeness (QED) is 0.600. The largest absolute Gasteiger partial charge is 0.301 e. The zero-order valence-corrected chi connectivity index (χ0v) is 7.93. The number of rotatable bonds is 2. The first-order valence-corrected chi connectivity index (χ1v) is 5.35. The minimum atomic E-state index is -0.138. The molecule has 0 bridgehead atoms. The Morgan fingerprint density at radius 3 is 2.80 bits per heavy atom. The van der Waals surface area contributed by atoms with Gasteiger partial charge in [0, 0.05) is 11.0 Å². The number of aldehydes is 1. The first-order chi connectivity index (χ1) is 4.70. The van der Waals surface area contributed by atoms with Gasteiger partial charge < -0.3 is 4.79 Å². The molecule has 1 heterocycles. The first-order valence-electron chi connectivity index (χ1n) is 3.48. The van der Waals surface area contributed by atoms with Crippen molar-refractivity contribution in [1.29, 1.82) is 0 Å². The van der Waals surface area contributed by atoms with Gasteiger partial charge in [-0.25, -0.2) is 0 Å². The van der Waals surface area contributed by atoms with Crippen molar-refractivity contribution in [2.45, 2.75) is 29.6 Å². The molecule has 0 radical (unpaired) electrons. The van der Waals surface area contributed by atoms with E-state index >= 15 is 0 Å². The van der Waals surface area contributed by atoms with Gasteiger partial charge in [-0.05, 0) is 13.3 Å². The normalized spacial score (nSPS) is 40.0. The standard InChI is InChI=1S/C7H12OS2/c1-3-6-4-9-7(2,5-8)10-6/h5-6H,3-4H2,1-2H3. The van der Waals surface area contributed by atoms with Crippen LogP contribution in [0.2, 0.25) is 0 Å². The number of hydrogen-bond donors (Lipinski definition) is 0. The number of hydrogen-bond acceptors (Lipinski definition) is 3. The lowest BCUT2D eigenvalue weighted by Crippen LogP contribution is -2.12. The smallest absolute Gasteiger partial charge is 0.145 e. The molecule has 0 aliphatic carbocycles. The fraction of sp³-hybridized carbons (Fsp3) is 0.857. The van der Waals surface area contributed by atoms with Gasteiger partial charge in [-0.1, -0.05) is 6.92 Å². The molecule has 2 atom stereocenters. The van der Waals surface area contributed by atoms with E-state index in [-0.39, 0.29) is 4.08 Å². The molecule has 1 aliphatic rings. The molecule has 10 heavy (non-hydrogen) atoms. The van der Waals surface area contributed by atoms with Gasteiger partial charge in [-0.2, -0.15) is 0 Å². The van der Waals surface area contributed by atoms with Crippen molar-refractivity contribution in [3.8, 4) is 0 Å². The minimum Gasteiger partial charge on any atom is -0.301 e. The molecule has 0 aromatic heterocycles. The third-order valence-electron chi connectivity index (χ3n) is 1.63. The Morgan fingerprint density at radius 2 is 2.50 bits per heavy atom. The zero-order valence-electron chi connectivity index (χ0n) is 6.29. The molecule has 0 amide bonds. The molecule has 1 nitrogen and oxygen atoms in total. The number of thioether (sulfide) groups is 2. The van der Waals surface area contributed by atoms with Crippen LogP contribution >= 0.6 is 23.5 Å². The molecule has 0 aromatic rings. The van der Waals surface area contributed by atoms with E-state index in [4.69, 9.17) is 0 Å². The molecule has 2 unspecified atom stereocenters. The molecule has 0 spiro atoms. The van der Waals surface area contributed by atoms with Gasteiger partial charge in [-0.15, -0.1) is 23.5 Å². The molecule has 0 saturated carbocycles. The van der Waals surface area contributed by atoms with Crippen LogP contribution in [0.25, 0.3) is 0 Å². The van der Waals surface area contributed by atoms with E-state index in [1.54, 1.807) is 11.8 Å². The highest BCUT2D eigenvalue weighted by Gasteiger charge is 2.35. The summed E-state index contributed by atoms with van der Waals surface area (Å²) < 4.78 is -0.138. The summed E-state index contributed by atoms with van der Waals surface area (Å²) >= 11 is 3.58. The zero-order chi connectivity index (χ0) is 7.61. The van der Waals surface area contributed by atoms with Gasteiger partial charge in [0.05, 0.1) is 0 Å². The lowest BCUT2D eigenvalue weighted by Gasteiger charge is -2.12. The summed E-state index contributed by atoms with van der Waals surface area (Å²) in [6.45, 7) is 4.18. The van der Waals surface area contributed by atoms with Crippen LogP contribution in [-0.4, -0.2) is 21.4 Å². The number of carbonyl (C=O) groups excluding carboxylic acids is 1. The van der Waals surface area contributed by atoms with Gasteiger partial charge in [0.2, 0.25) is 0 Å². The summed E-state index contributed by atoms with van der Waals surface area (Å²) in [5, 5.41) is 0.695. The second kappa shape index (κ2) is 3.18. The SMILES string of the molecule is CCC1CSC(C)(C=O)S1. The summed E-state index contributed by atoms with van der Waals surface area (Å²) in [7, 11) is 0. The molecule has 58 valence electrons. The molecule has 0 aromatic carbocycles. The Bertz CT molecular complexity index is 138. The van der Waals surface area contributed by atoms with Crippen molar-refractivity contribution in [2.24, 2.45) is 0 Å². The van der Waals surface area contributed by atoms with Crippen LogP contribution in [0.1, 0.15) is 20.3 Å². The van der Waals surface area contributed by atoms with Crippen LogP contribution in [0.3, 0.4) is 0 Å². The monoisotopic (exact) mass is 176 g/mol. The maximum Gasteiger partial charge on any atom is 0.145 e. The van der Waals surface area contributed by atoms with Crippen molar-refractivity contribution < 1.29 is 4.79 Å². The van der Waals surface area contributed by atoms with Crippen LogP contribution in [0.4, 0.5) is 0 Å². The van der Waals surface area contributed by atoms with Crippen LogP contribution in [0, 0.1) is 0 Å². The van der Waals surface area contributed by atoms with Gasteiger partial charge in [0.15, 0.2) is 0 Å². The number of carbonyl (C=O) groups is 1. The van der Waals surface area contributed by atoms with Crippen molar-refractivity contribution in [2.75, 3.05) is 5.75 Å². The molecule has 1 fully saturated rings. The van der Waals surface area contributed by atoms with Gasteiger partial charge in [-0.3, -0.25) is 0 Å². The Morgan fingerprint density at radius 1 is 1.80 bits per heavy atom. The third-order valence-corrected chi connectivity index (χ3v) is 5.12. The fourth-order valence-corrected chi connectivity index (χ4v) is 3.99. The summed E-state index contributed by atoms with van der Waals surface area (Å²) in [4.78, 5) is 10.5. The van der Waals surface area contributed by atoms with Crippen molar-refractivity contribution in [3.63, 3.8) is 0 Å². The highest BCUT2D eigenvalue weighted by molar-refractivity contribution is 8.22. The van der Waals surface area contributed by atoms with Crippen molar-refractivity contribution in [3.05, 3.63) is 0 Å². The highest BCUT2D eigenvalue weighted by Crippen LogP contribution is 2.47. The van der Waals surface area contributed by atoms with E-state index in [1.807, 2.05) is 18.7 Å². The van der Waals surface area contributed by atoms with Crippen LogP contribution < -0.4 is 0 Å².